The molecule has 9 heteroatoms. The largest absolute Gasteiger partial charge is 0.338 e. The van der Waals surface area contributed by atoms with Crippen molar-refractivity contribution in [2.45, 2.75) is 37.2 Å². The van der Waals surface area contributed by atoms with Crippen LogP contribution in [0.5, 0.6) is 0 Å². The molecule has 0 bridgehead atoms. The van der Waals surface area contributed by atoms with Gasteiger partial charge in [0.15, 0.2) is 5.82 Å². The Morgan fingerprint density at radius 2 is 2.38 bits per heavy atom. The van der Waals surface area contributed by atoms with Crippen LogP contribution in [0, 0.1) is 0 Å². The van der Waals surface area contributed by atoms with Crippen molar-refractivity contribution in [3.63, 3.8) is 0 Å². The zero-order valence-corrected chi connectivity index (χ0v) is 13.3. The molecular formula is C12H14N6OS2. The number of aryl methyl sites for hydroxylation is 1. The molecule has 0 aromatic carbocycles. The molecule has 7 nitrogen and oxygen atoms in total. The Labute approximate surface area is 129 Å². The van der Waals surface area contributed by atoms with Crippen LogP contribution >= 0.6 is 23.1 Å². The van der Waals surface area contributed by atoms with Crippen LogP contribution < -0.4 is 0 Å². The molecular weight excluding hydrogens is 308 g/mol. The van der Waals surface area contributed by atoms with E-state index in [2.05, 4.69) is 31.7 Å². The van der Waals surface area contributed by atoms with Gasteiger partial charge in [-0.2, -0.15) is 4.98 Å². The number of nitrogens with zero attached hydrogens (tertiary/aromatic N) is 6. The Morgan fingerprint density at radius 3 is 3.10 bits per heavy atom. The molecule has 1 atom stereocenters. The first-order valence-corrected chi connectivity index (χ1v) is 8.30. The fraction of sp³-hybridized carbons (Fsp3) is 0.417. The third-order valence-corrected chi connectivity index (χ3v) is 4.73. The molecule has 3 aromatic heterocycles. The lowest BCUT2D eigenvalue weighted by Gasteiger charge is -2.06. The smallest absolute Gasteiger partial charge is 0.239 e. The van der Waals surface area contributed by atoms with Gasteiger partial charge in [0, 0.05) is 11.3 Å². The SMILES string of the molecule is CCc1noc(C(C)Sc2nnnn2Cc2cccs2)n1. The second-order valence-electron chi connectivity index (χ2n) is 4.36. The Balaban J connectivity index is 1.71. The van der Waals surface area contributed by atoms with E-state index in [1.54, 1.807) is 16.0 Å². The van der Waals surface area contributed by atoms with Gasteiger partial charge in [0.05, 0.1) is 11.8 Å². The molecule has 0 spiro atoms. The number of rotatable bonds is 6. The van der Waals surface area contributed by atoms with Crippen molar-refractivity contribution < 1.29 is 4.52 Å². The lowest BCUT2D eigenvalue weighted by molar-refractivity contribution is 0.375. The van der Waals surface area contributed by atoms with Crippen LogP contribution in [0.3, 0.4) is 0 Å². The van der Waals surface area contributed by atoms with Crippen molar-refractivity contribution in [3.05, 3.63) is 34.1 Å². The minimum absolute atomic E-state index is 0.00545. The summed E-state index contributed by atoms with van der Waals surface area (Å²) in [6, 6.07) is 4.08. The predicted molar refractivity (Wildman–Crippen MR) is 79.2 cm³/mol. The van der Waals surface area contributed by atoms with Crippen LogP contribution in [0.2, 0.25) is 0 Å². The normalized spacial score (nSPS) is 12.7. The summed E-state index contributed by atoms with van der Waals surface area (Å²) >= 11 is 3.20. The molecule has 1 unspecified atom stereocenters. The first-order valence-electron chi connectivity index (χ1n) is 6.54. The summed E-state index contributed by atoms with van der Waals surface area (Å²) < 4.78 is 7.04. The Hall–Kier alpha value is -1.74. The van der Waals surface area contributed by atoms with Crippen LogP contribution in [-0.2, 0) is 13.0 Å². The average Bonchev–Trinajstić information content (AvgIpc) is 3.21. The Bertz CT molecular complexity index is 692. The first-order chi connectivity index (χ1) is 10.3. The number of thioether (sulfide) groups is 1. The van der Waals surface area contributed by atoms with Gasteiger partial charge in [0.25, 0.3) is 0 Å². The number of hydrogen-bond acceptors (Lipinski definition) is 8. The third kappa shape index (κ3) is 3.30. The molecule has 0 amide bonds. The average molecular weight is 322 g/mol. The lowest BCUT2D eigenvalue weighted by atomic mass is 10.4. The quantitative estimate of drug-likeness (QED) is 0.645. The van der Waals surface area contributed by atoms with Crippen LogP contribution in [0.15, 0.2) is 27.2 Å². The van der Waals surface area contributed by atoms with E-state index in [1.165, 1.54) is 16.6 Å². The second kappa shape index (κ2) is 6.35. The second-order valence-corrected chi connectivity index (χ2v) is 6.70. The van der Waals surface area contributed by atoms with E-state index < -0.39 is 0 Å². The molecule has 3 aromatic rings. The number of tetrazole rings is 1. The maximum atomic E-state index is 5.25. The van der Waals surface area contributed by atoms with Gasteiger partial charge in [-0.25, -0.2) is 4.68 Å². The van der Waals surface area contributed by atoms with E-state index >= 15 is 0 Å². The molecule has 0 saturated carbocycles. The summed E-state index contributed by atoms with van der Waals surface area (Å²) in [5, 5.41) is 18.6. The number of hydrogen-bond donors (Lipinski definition) is 0. The van der Waals surface area contributed by atoms with Crippen LogP contribution in [-0.4, -0.2) is 30.3 Å². The van der Waals surface area contributed by atoms with Crippen molar-refractivity contribution in [2.75, 3.05) is 0 Å². The third-order valence-electron chi connectivity index (χ3n) is 2.81. The monoisotopic (exact) mass is 322 g/mol. The van der Waals surface area contributed by atoms with Crippen molar-refractivity contribution in [1.82, 2.24) is 30.3 Å². The molecule has 110 valence electrons. The van der Waals surface area contributed by atoms with E-state index in [9.17, 15) is 0 Å². The van der Waals surface area contributed by atoms with Gasteiger partial charge < -0.3 is 4.52 Å². The highest BCUT2D eigenvalue weighted by molar-refractivity contribution is 7.99. The highest BCUT2D eigenvalue weighted by Gasteiger charge is 2.19. The molecule has 3 rings (SSSR count). The Kier molecular flexibility index (Phi) is 4.30. The molecule has 0 aliphatic rings. The van der Waals surface area contributed by atoms with Crippen molar-refractivity contribution in [3.8, 4) is 0 Å². The van der Waals surface area contributed by atoms with E-state index in [-0.39, 0.29) is 5.25 Å². The van der Waals surface area contributed by atoms with Crippen LogP contribution in [0.4, 0.5) is 0 Å². The summed E-state index contributed by atoms with van der Waals surface area (Å²) in [6.45, 7) is 4.67. The van der Waals surface area contributed by atoms with Gasteiger partial charge in [-0.05, 0) is 28.8 Å². The Morgan fingerprint density at radius 1 is 1.48 bits per heavy atom. The van der Waals surface area contributed by atoms with Crippen molar-refractivity contribution in [1.29, 1.82) is 0 Å². The fourth-order valence-electron chi connectivity index (χ4n) is 1.71. The van der Waals surface area contributed by atoms with Gasteiger partial charge in [-0.1, -0.05) is 29.9 Å². The fourth-order valence-corrected chi connectivity index (χ4v) is 3.22. The maximum Gasteiger partial charge on any atom is 0.239 e. The van der Waals surface area contributed by atoms with Crippen molar-refractivity contribution >= 4 is 23.1 Å². The predicted octanol–water partition coefficient (Wildman–Crippen LogP) is 2.58. The standard InChI is InChI=1S/C12H14N6OS2/c1-3-10-13-11(19-15-10)8(2)21-12-14-16-17-18(12)7-9-5-4-6-20-9/h4-6,8H,3,7H2,1-2H3. The molecule has 0 radical (unpaired) electrons. The topological polar surface area (TPSA) is 82.5 Å². The summed E-state index contributed by atoms with van der Waals surface area (Å²) in [4.78, 5) is 5.55. The highest BCUT2D eigenvalue weighted by Crippen LogP contribution is 2.32. The molecule has 0 N–H and O–H groups in total. The molecule has 21 heavy (non-hydrogen) atoms. The van der Waals surface area contributed by atoms with E-state index in [4.69, 9.17) is 4.52 Å². The first kappa shape index (κ1) is 14.2. The molecule has 3 heterocycles. The number of aromatic nitrogens is 6. The summed E-state index contributed by atoms with van der Waals surface area (Å²) in [7, 11) is 0. The van der Waals surface area contributed by atoms with E-state index in [0.29, 0.717) is 12.4 Å². The van der Waals surface area contributed by atoms with Crippen LogP contribution in [0.1, 0.15) is 35.7 Å². The number of thiophene rings is 1. The molecule has 0 fully saturated rings. The van der Waals surface area contributed by atoms with Gasteiger partial charge in [-0.3, -0.25) is 0 Å². The zero-order chi connectivity index (χ0) is 14.7. The van der Waals surface area contributed by atoms with Crippen molar-refractivity contribution in [2.24, 2.45) is 0 Å². The van der Waals surface area contributed by atoms with Crippen LogP contribution in [0.25, 0.3) is 0 Å². The van der Waals surface area contributed by atoms with E-state index in [0.717, 1.165) is 17.4 Å². The van der Waals surface area contributed by atoms with Gasteiger partial charge in [0.2, 0.25) is 11.0 Å². The summed E-state index contributed by atoms with van der Waals surface area (Å²) in [6.07, 6.45) is 0.761. The van der Waals surface area contributed by atoms with Gasteiger partial charge >= 0.3 is 0 Å². The summed E-state index contributed by atoms with van der Waals surface area (Å²) in [5.41, 5.74) is 0. The minimum atomic E-state index is 0.00545. The molecule has 0 aliphatic carbocycles. The molecule has 0 aliphatic heterocycles. The molecule has 0 saturated heterocycles. The van der Waals surface area contributed by atoms with Gasteiger partial charge in [0.1, 0.15) is 0 Å². The summed E-state index contributed by atoms with van der Waals surface area (Å²) in [5.74, 6) is 1.32. The maximum absolute atomic E-state index is 5.25. The minimum Gasteiger partial charge on any atom is -0.338 e. The zero-order valence-electron chi connectivity index (χ0n) is 11.6. The van der Waals surface area contributed by atoms with E-state index in [1.807, 2.05) is 25.3 Å². The van der Waals surface area contributed by atoms with Gasteiger partial charge in [-0.15, -0.1) is 16.4 Å². The lowest BCUT2D eigenvalue weighted by Crippen LogP contribution is -2.03. The highest BCUT2D eigenvalue weighted by atomic mass is 32.2.